The Hall–Kier alpha value is -3.11. The molecule has 0 saturated heterocycles. The van der Waals surface area contributed by atoms with Gasteiger partial charge in [0.1, 0.15) is 0 Å². The Morgan fingerprint density at radius 2 is 1.72 bits per heavy atom. The summed E-state index contributed by atoms with van der Waals surface area (Å²) in [5.41, 5.74) is 3.25. The molecule has 3 rings (SSSR count). The van der Waals surface area contributed by atoms with Crippen LogP contribution in [0, 0.1) is 0 Å². The number of anilines is 1. The number of fused-ring (bicyclic) bond motifs is 1. The first-order valence-electron chi connectivity index (χ1n) is 7.07. The number of carbonyl (C=O) groups excluding carboxylic acids is 1. The predicted molar refractivity (Wildman–Crippen MR) is 90.6 cm³/mol. The normalized spacial score (nSPS) is 11.4. The van der Waals surface area contributed by atoms with E-state index in [4.69, 9.17) is 0 Å². The number of imidazole rings is 1. The van der Waals surface area contributed by atoms with Crippen molar-refractivity contribution >= 4 is 32.7 Å². The van der Waals surface area contributed by atoms with Crippen LogP contribution in [-0.4, -0.2) is 31.4 Å². The van der Waals surface area contributed by atoms with Crippen molar-refractivity contribution in [3.63, 3.8) is 0 Å². The van der Waals surface area contributed by atoms with E-state index in [1.54, 1.807) is 0 Å². The van der Waals surface area contributed by atoms with Crippen LogP contribution in [0.15, 0.2) is 52.2 Å². The van der Waals surface area contributed by atoms with E-state index in [-0.39, 0.29) is 10.6 Å². The molecule has 0 aliphatic carbocycles. The summed E-state index contributed by atoms with van der Waals surface area (Å²) in [4.78, 5) is 32.4. The van der Waals surface area contributed by atoms with Gasteiger partial charge >= 0.3 is 5.69 Å². The number of nitrogens with one attached hydrogen (secondary N) is 4. The summed E-state index contributed by atoms with van der Waals surface area (Å²) in [5, 5.41) is 0. The summed E-state index contributed by atoms with van der Waals surface area (Å²) < 4.78 is 27.3. The maximum absolute atomic E-state index is 12.5. The predicted octanol–water partition coefficient (Wildman–Crippen LogP) is 0.948. The van der Waals surface area contributed by atoms with Gasteiger partial charge in [0.25, 0.3) is 15.9 Å². The van der Waals surface area contributed by atoms with E-state index in [1.807, 2.05) is 0 Å². The van der Waals surface area contributed by atoms with Gasteiger partial charge in [-0.3, -0.25) is 14.4 Å². The lowest BCUT2D eigenvalue weighted by Crippen LogP contribution is -2.21. The molecule has 1 aromatic heterocycles. The van der Waals surface area contributed by atoms with Gasteiger partial charge < -0.3 is 9.97 Å². The van der Waals surface area contributed by atoms with Crippen molar-refractivity contribution in [2.75, 3.05) is 11.8 Å². The molecule has 0 bridgehead atoms. The van der Waals surface area contributed by atoms with E-state index in [9.17, 15) is 18.0 Å². The van der Waals surface area contributed by atoms with Crippen molar-refractivity contribution in [1.82, 2.24) is 15.4 Å². The fraction of sp³-hybridized carbons (Fsp3) is 0.0667. The molecule has 0 spiro atoms. The highest BCUT2D eigenvalue weighted by atomic mass is 32.2. The third-order valence-electron chi connectivity index (χ3n) is 3.39. The lowest BCUT2D eigenvalue weighted by Gasteiger charge is -2.09. The number of sulfonamides is 1. The van der Waals surface area contributed by atoms with Gasteiger partial charge in [-0.1, -0.05) is 0 Å². The van der Waals surface area contributed by atoms with Crippen LogP contribution in [0.1, 0.15) is 10.4 Å². The van der Waals surface area contributed by atoms with Crippen LogP contribution in [0.3, 0.4) is 0 Å². The van der Waals surface area contributed by atoms with Gasteiger partial charge in [0.2, 0.25) is 0 Å². The molecule has 0 atom stereocenters. The van der Waals surface area contributed by atoms with Crippen molar-refractivity contribution in [1.29, 1.82) is 0 Å². The number of rotatable bonds is 5. The molecular weight excluding hydrogens is 348 g/mol. The Morgan fingerprint density at radius 3 is 2.40 bits per heavy atom. The standard InChI is InChI=1S/C15H14N4O5S/c1-24-18-14(20)9-2-4-10(5-3-9)19-25(22,23)11-6-7-12-13(8-11)17-15(21)16-12/h2-8,19H,1H3,(H,18,20)(H2,16,17,21). The Morgan fingerprint density at radius 1 is 1.04 bits per heavy atom. The quantitative estimate of drug-likeness (QED) is 0.502. The number of H-pyrrole nitrogens is 2. The van der Waals surface area contributed by atoms with E-state index >= 15 is 0 Å². The Kier molecular flexibility index (Phi) is 4.30. The van der Waals surface area contributed by atoms with Crippen LogP contribution >= 0.6 is 0 Å². The number of amides is 1. The molecular formula is C15H14N4O5S. The van der Waals surface area contributed by atoms with E-state index < -0.39 is 21.6 Å². The lowest BCUT2D eigenvalue weighted by molar-refractivity contribution is 0.0537. The molecule has 0 unspecified atom stereocenters. The second kappa shape index (κ2) is 6.42. The Balaban J connectivity index is 1.84. The van der Waals surface area contributed by atoms with E-state index in [0.29, 0.717) is 16.6 Å². The van der Waals surface area contributed by atoms with Gasteiger partial charge in [-0.05, 0) is 42.5 Å². The van der Waals surface area contributed by atoms with Gasteiger partial charge in [-0.15, -0.1) is 0 Å². The molecule has 1 amide bonds. The summed E-state index contributed by atoms with van der Waals surface area (Å²) in [6, 6.07) is 10.1. The van der Waals surface area contributed by atoms with Gasteiger partial charge in [0, 0.05) is 11.3 Å². The van der Waals surface area contributed by atoms with Crippen LogP contribution in [0.25, 0.3) is 11.0 Å². The SMILES string of the molecule is CONC(=O)c1ccc(NS(=O)(=O)c2ccc3[nH]c(=O)[nH]c3c2)cc1. The largest absolute Gasteiger partial charge is 0.323 e. The molecule has 3 aromatic rings. The smallest absolute Gasteiger partial charge is 0.306 e. The number of hydrogen-bond donors (Lipinski definition) is 4. The van der Waals surface area contributed by atoms with E-state index in [0.717, 1.165) is 0 Å². The summed E-state index contributed by atoms with van der Waals surface area (Å²) in [6.45, 7) is 0. The Bertz CT molecular complexity index is 1080. The third kappa shape index (κ3) is 3.54. The van der Waals surface area contributed by atoms with Gasteiger partial charge in [-0.2, -0.15) is 0 Å². The average molecular weight is 362 g/mol. The molecule has 0 aliphatic rings. The van der Waals surface area contributed by atoms with Crippen molar-refractivity contribution in [2.24, 2.45) is 0 Å². The maximum Gasteiger partial charge on any atom is 0.323 e. The third-order valence-corrected chi connectivity index (χ3v) is 4.77. The zero-order chi connectivity index (χ0) is 18.0. The molecule has 2 aromatic carbocycles. The zero-order valence-corrected chi connectivity index (χ0v) is 13.8. The lowest BCUT2D eigenvalue weighted by atomic mass is 10.2. The van der Waals surface area contributed by atoms with Crippen molar-refractivity contribution in [2.45, 2.75) is 4.90 Å². The van der Waals surface area contributed by atoms with E-state index in [2.05, 4.69) is 25.0 Å². The second-order valence-electron chi connectivity index (χ2n) is 5.10. The minimum absolute atomic E-state index is 0.00328. The molecule has 0 radical (unpaired) electrons. The zero-order valence-electron chi connectivity index (χ0n) is 13.0. The number of benzene rings is 2. The topological polar surface area (TPSA) is 133 Å². The number of aromatic nitrogens is 2. The first kappa shape index (κ1) is 16.7. The van der Waals surface area contributed by atoms with Crippen molar-refractivity contribution in [3.05, 3.63) is 58.5 Å². The molecule has 130 valence electrons. The Labute approximate surface area is 142 Å². The van der Waals surface area contributed by atoms with E-state index in [1.165, 1.54) is 49.6 Å². The van der Waals surface area contributed by atoms with Crippen LogP contribution in [0.2, 0.25) is 0 Å². The molecule has 10 heteroatoms. The highest BCUT2D eigenvalue weighted by molar-refractivity contribution is 7.92. The highest BCUT2D eigenvalue weighted by Gasteiger charge is 2.16. The van der Waals surface area contributed by atoms with Crippen molar-refractivity contribution in [3.8, 4) is 0 Å². The van der Waals surface area contributed by atoms with Gasteiger partial charge in [-0.25, -0.2) is 18.7 Å². The first-order valence-corrected chi connectivity index (χ1v) is 8.55. The summed E-state index contributed by atoms with van der Waals surface area (Å²) in [5.74, 6) is -0.446. The average Bonchev–Trinajstić information content (AvgIpc) is 2.94. The molecule has 4 N–H and O–H groups in total. The summed E-state index contributed by atoms with van der Waals surface area (Å²) in [7, 11) is -2.54. The maximum atomic E-state index is 12.5. The molecule has 0 saturated carbocycles. The monoisotopic (exact) mass is 362 g/mol. The fourth-order valence-corrected chi connectivity index (χ4v) is 3.32. The number of carbonyl (C=O) groups is 1. The number of aromatic amines is 2. The van der Waals surface area contributed by atoms with Crippen LogP contribution in [0.5, 0.6) is 0 Å². The fourth-order valence-electron chi connectivity index (χ4n) is 2.23. The first-order chi connectivity index (χ1) is 11.9. The minimum atomic E-state index is -3.85. The molecule has 0 fully saturated rings. The van der Waals surface area contributed by atoms with Gasteiger partial charge in [0.05, 0.1) is 23.0 Å². The van der Waals surface area contributed by atoms with Crippen molar-refractivity contribution < 1.29 is 18.0 Å². The number of hydroxylamine groups is 1. The molecule has 1 heterocycles. The summed E-state index contributed by atoms with van der Waals surface area (Å²) in [6.07, 6.45) is 0. The molecule has 0 aliphatic heterocycles. The van der Waals surface area contributed by atoms with Gasteiger partial charge in [0.15, 0.2) is 0 Å². The highest BCUT2D eigenvalue weighted by Crippen LogP contribution is 2.19. The van der Waals surface area contributed by atoms with Crippen LogP contribution in [0.4, 0.5) is 5.69 Å². The molecule has 25 heavy (non-hydrogen) atoms. The minimum Gasteiger partial charge on any atom is -0.306 e. The molecule has 9 nitrogen and oxygen atoms in total. The van der Waals surface area contributed by atoms with Crippen LogP contribution < -0.4 is 15.9 Å². The summed E-state index contributed by atoms with van der Waals surface area (Å²) >= 11 is 0. The van der Waals surface area contributed by atoms with Crippen LogP contribution in [-0.2, 0) is 14.9 Å². The second-order valence-corrected chi connectivity index (χ2v) is 6.79. The number of hydrogen-bond acceptors (Lipinski definition) is 5.